The van der Waals surface area contributed by atoms with Crippen LogP contribution in [0.2, 0.25) is 0 Å². The Labute approximate surface area is 110 Å². The van der Waals surface area contributed by atoms with Crippen molar-refractivity contribution in [3.05, 3.63) is 35.4 Å². The molecule has 1 unspecified atom stereocenters. The molecule has 0 aliphatic carbocycles. The Morgan fingerprint density at radius 3 is 2.28 bits per heavy atom. The van der Waals surface area contributed by atoms with Gasteiger partial charge in [-0.3, -0.25) is 0 Å². The van der Waals surface area contributed by atoms with Crippen molar-refractivity contribution in [2.75, 3.05) is 32.7 Å². The van der Waals surface area contributed by atoms with Crippen LogP contribution in [-0.2, 0) is 12.8 Å². The fourth-order valence-electron chi connectivity index (χ4n) is 3.17. The number of nitrogens with one attached hydrogen (secondary N) is 1. The molecule has 2 heteroatoms. The molecule has 0 bridgehead atoms. The zero-order valence-electron chi connectivity index (χ0n) is 11.4. The molecule has 2 aliphatic heterocycles. The molecule has 18 heavy (non-hydrogen) atoms. The SMILES string of the molecule is CC(CN1CCc2ccccc2CC1)C1CNC1. The first-order valence-corrected chi connectivity index (χ1v) is 7.33. The van der Waals surface area contributed by atoms with Gasteiger partial charge in [0.05, 0.1) is 0 Å². The summed E-state index contributed by atoms with van der Waals surface area (Å²) in [5, 5.41) is 3.39. The molecule has 1 atom stereocenters. The van der Waals surface area contributed by atoms with E-state index in [0.29, 0.717) is 0 Å². The Hall–Kier alpha value is -0.860. The van der Waals surface area contributed by atoms with Crippen LogP contribution < -0.4 is 5.32 Å². The minimum atomic E-state index is 0.840. The Balaban J connectivity index is 1.57. The number of hydrogen-bond donors (Lipinski definition) is 1. The first-order chi connectivity index (χ1) is 8.83. The zero-order chi connectivity index (χ0) is 12.4. The second kappa shape index (κ2) is 5.41. The van der Waals surface area contributed by atoms with E-state index in [0.717, 1.165) is 11.8 Å². The predicted octanol–water partition coefficient (Wildman–Crippen LogP) is 1.94. The van der Waals surface area contributed by atoms with Gasteiger partial charge in [0.15, 0.2) is 0 Å². The van der Waals surface area contributed by atoms with E-state index in [1.165, 1.54) is 45.6 Å². The molecule has 98 valence electrons. The van der Waals surface area contributed by atoms with E-state index in [4.69, 9.17) is 0 Å². The number of rotatable bonds is 3. The maximum Gasteiger partial charge on any atom is 0.00222 e. The smallest absolute Gasteiger partial charge is 0.00222 e. The van der Waals surface area contributed by atoms with Gasteiger partial charge >= 0.3 is 0 Å². The average Bonchev–Trinajstić information content (AvgIpc) is 2.50. The van der Waals surface area contributed by atoms with Crippen LogP contribution >= 0.6 is 0 Å². The molecule has 2 nitrogen and oxygen atoms in total. The van der Waals surface area contributed by atoms with E-state index in [1.54, 1.807) is 11.1 Å². The molecule has 2 heterocycles. The van der Waals surface area contributed by atoms with Gasteiger partial charge < -0.3 is 10.2 Å². The van der Waals surface area contributed by atoms with Crippen LogP contribution in [0, 0.1) is 11.8 Å². The van der Waals surface area contributed by atoms with Crippen LogP contribution in [0.5, 0.6) is 0 Å². The molecular weight excluding hydrogens is 220 g/mol. The van der Waals surface area contributed by atoms with E-state index in [1.807, 2.05) is 0 Å². The first-order valence-electron chi connectivity index (χ1n) is 7.33. The van der Waals surface area contributed by atoms with E-state index in [-0.39, 0.29) is 0 Å². The summed E-state index contributed by atoms with van der Waals surface area (Å²) in [5.74, 6) is 1.75. The number of benzene rings is 1. The Bertz CT molecular complexity index is 371. The van der Waals surface area contributed by atoms with Crippen molar-refractivity contribution in [1.29, 1.82) is 0 Å². The number of nitrogens with zero attached hydrogens (tertiary/aromatic N) is 1. The number of fused-ring (bicyclic) bond motifs is 1. The van der Waals surface area contributed by atoms with Gasteiger partial charge in [0.1, 0.15) is 0 Å². The Morgan fingerprint density at radius 1 is 1.17 bits per heavy atom. The second-order valence-corrected chi connectivity index (χ2v) is 5.96. The lowest BCUT2D eigenvalue weighted by Gasteiger charge is -2.35. The molecule has 0 radical (unpaired) electrons. The summed E-state index contributed by atoms with van der Waals surface area (Å²) in [4.78, 5) is 2.67. The van der Waals surface area contributed by atoms with Crippen LogP contribution in [0.25, 0.3) is 0 Å². The highest BCUT2D eigenvalue weighted by Gasteiger charge is 2.25. The summed E-state index contributed by atoms with van der Waals surface area (Å²) in [7, 11) is 0. The van der Waals surface area contributed by atoms with E-state index >= 15 is 0 Å². The van der Waals surface area contributed by atoms with Crippen molar-refractivity contribution in [2.24, 2.45) is 11.8 Å². The lowest BCUT2D eigenvalue weighted by Crippen LogP contribution is -2.48. The topological polar surface area (TPSA) is 15.3 Å². The fraction of sp³-hybridized carbons (Fsp3) is 0.625. The highest BCUT2D eigenvalue weighted by molar-refractivity contribution is 5.28. The third-order valence-electron chi connectivity index (χ3n) is 4.68. The summed E-state index contributed by atoms with van der Waals surface area (Å²) in [6.07, 6.45) is 2.46. The van der Waals surface area contributed by atoms with Gasteiger partial charge in [0, 0.05) is 19.6 Å². The van der Waals surface area contributed by atoms with Gasteiger partial charge in [-0.25, -0.2) is 0 Å². The van der Waals surface area contributed by atoms with E-state index in [9.17, 15) is 0 Å². The molecule has 0 saturated carbocycles. The van der Waals surface area contributed by atoms with Crippen molar-refractivity contribution in [1.82, 2.24) is 10.2 Å². The van der Waals surface area contributed by atoms with E-state index in [2.05, 4.69) is 41.4 Å². The molecule has 1 N–H and O–H groups in total. The van der Waals surface area contributed by atoms with Gasteiger partial charge in [-0.1, -0.05) is 31.2 Å². The maximum absolute atomic E-state index is 3.39. The van der Waals surface area contributed by atoms with Crippen LogP contribution in [0.3, 0.4) is 0 Å². The van der Waals surface area contributed by atoms with Gasteiger partial charge in [-0.15, -0.1) is 0 Å². The minimum absolute atomic E-state index is 0.840. The third kappa shape index (κ3) is 2.60. The summed E-state index contributed by atoms with van der Waals surface area (Å²) in [6.45, 7) is 8.64. The summed E-state index contributed by atoms with van der Waals surface area (Å²) in [6, 6.07) is 8.96. The third-order valence-corrected chi connectivity index (χ3v) is 4.68. The summed E-state index contributed by atoms with van der Waals surface area (Å²) < 4.78 is 0. The molecule has 0 aromatic heterocycles. The molecule has 0 spiro atoms. The average molecular weight is 244 g/mol. The highest BCUT2D eigenvalue weighted by Crippen LogP contribution is 2.20. The largest absolute Gasteiger partial charge is 0.316 e. The van der Waals surface area contributed by atoms with Gasteiger partial charge in [-0.05, 0) is 48.9 Å². The Kier molecular flexibility index (Phi) is 3.67. The number of hydrogen-bond acceptors (Lipinski definition) is 2. The molecule has 2 aliphatic rings. The summed E-state index contributed by atoms with van der Waals surface area (Å²) >= 11 is 0. The lowest BCUT2D eigenvalue weighted by atomic mass is 9.88. The van der Waals surface area contributed by atoms with Crippen molar-refractivity contribution >= 4 is 0 Å². The lowest BCUT2D eigenvalue weighted by molar-refractivity contribution is 0.170. The second-order valence-electron chi connectivity index (χ2n) is 5.96. The zero-order valence-corrected chi connectivity index (χ0v) is 11.4. The van der Waals surface area contributed by atoms with Crippen molar-refractivity contribution in [3.63, 3.8) is 0 Å². The quantitative estimate of drug-likeness (QED) is 0.874. The van der Waals surface area contributed by atoms with Crippen molar-refractivity contribution in [2.45, 2.75) is 19.8 Å². The molecule has 1 fully saturated rings. The minimum Gasteiger partial charge on any atom is -0.316 e. The van der Waals surface area contributed by atoms with Gasteiger partial charge in [0.2, 0.25) is 0 Å². The molecule has 0 amide bonds. The summed E-state index contributed by atoms with van der Waals surface area (Å²) in [5.41, 5.74) is 3.14. The van der Waals surface area contributed by atoms with Crippen LogP contribution in [0.15, 0.2) is 24.3 Å². The highest BCUT2D eigenvalue weighted by atomic mass is 15.1. The maximum atomic E-state index is 3.39. The Morgan fingerprint density at radius 2 is 1.78 bits per heavy atom. The van der Waals surface area contributed by atoms with Crippen molar-refractivity contribution < 1.29 is 0 Å². The van der Waals surface area contributed by atoms with Gasteiger partial charge in [0.25, 0.3) is 0 Å². The standard InChI is InChI=1S/C16H24N2/c1-13(16-10-17-11-16)12-18-8-6-14-4-2-3-5-15(14)7-9-18/h2-5,13,16-17H,6-12H2,1H3. The van der Waals surface area contributed by atoms with Crippen LogP contribution in [-0.4, -0.2) is 37.6 Å². The van der Waals surface area contributed by atoms with Crippen LogP contribution in [0.4, 0.5) is 0 Å². The van der Waals surface area contributed by atoms with Crippen LogP contribution in [0.1, 0.15) is 18.1 Å². The van der Waals surface area contributed by atoms with Gasteiger partial charge in [-0.2, -0.15) is 0 Å². The fourth-order valence-corrected chi connectivity index (χ4v) is 3.17. The first kappa shape index (κ1) is 12.2. The molecule has 1 saturated heterocycles. The van der Waals surface area contributed by atoms with E-state index < -0.39 is 0 Å². The molecule has 1 aromatic rings. The molecular formula is C16H24N2. The normalized spacial score (nSPS) is 22.9. The molecule has 3 rings (SSSR count). The molecule has 1 aromatic carbocycles. The monoisotopic (exact) mass is 244 g/mol. The van der Waals surface area contributed by atoms with Crippen molar-refractivity contribution in [3.8, 4) is 0 Å². The predicted molar refractivity (Wildman–Crippen MR) is 75.8 cm³/mol.